The first-order chi connectivity index (χ1) is 19.9. The van der Waals surface area contributed by atoms with E-state index >= 15 is 0 Å². The van der Waals surface area contributed by atoms with Crippen molar-refractivity contribution in [3.05, 3.63) is 101 Å². The Morgan fingerprint density at radius 3 is 2.44 bits per heavy atom. The number of rotatable bonds is 10. The van der Waals surface area contributed by atoms with Gasteiger partial charge in [-0.05, 0) is 60.9 Å². The summed E-state index contributed by atoms with van der Waals surface area (Å²) >= 11 is 0. The number of carbonyl (C=O) groups excluding carboxylic acids is 2. The lowest BCUT2D eigenvalue weighted by Crippen LogP contribution is -2.38. The number of Topliss-reactive ketones (excluding diaryl/α,β-unsaturated/α-hetero) is 1. The largest absolute Gasteiger partial charge is 0.507 e. The third-order valence-electron chi connectivity index (χ3n) is 7.54. The van der Waals surface area contributed by atoms with E-state index in [4.69, 9.17) is 14.2 Å². The molecule has 3 aromatic rings. The molecule has 214 valence electrons. The van der Waals surface area contributed by atoms with E-state index in [2.05, 4.69) is 11.0 Å². The third kappa shape index (κ3) is 6.61. The van der Waals surface area contributed by atoms with Crippen LogP contribution in [0.25, 0.3) is 5.76 Å². The minimum absolute atomic E-state index is 0.0723. The Morgan fingerprint density at radius 1 is 0.951 bits per heavy atom. The van der Waals surface area contributed by atoms with Crippen molar-refractivity contribution in [3.8, 4) is 11.5 Å². The van der Waals surface area contributed by atoms with Gasteiger partial charge in [0.05, 0.1) is 31.9 Å². The number of methoxy groups -OCH3 is 1. The van der Waals surface area contributed by atoms with Crippen LogP contribution in [-0.4, -0.2) is 73.1 Å². The number of carbonyl (C=O) groups is 2. The van der Waals surface area contributed by atoms with Gasteiger partial charge in [0.2, 0.25) is 0 Å². The van der Waals surface area contributed by atoms with E-state index in [1.54, 1.807) is 42.3 Å². The first-order valence-electron chi connectivity index (χ1n) is 14.0. The Balaban J connectivity index is 1.40. The zero-order valence-corrected chi connectivity index (χ0v) is 23.5. The van der Waals surface area contributed by atoms with Crippen LogP contribution in [0.15, 0.2) is 78.4 Å². The van der Waals surface area contributed by atoms with Gasteiger partial charge in [0, 0.05) is 31.7 Å². The number of likely N-dealkylation sites (tertiary alicyclic amines) is 1. The van der Waals surface area contributed by atoms with Crippen molar-refractivity contribution < 1.29 is 28.9 Å². The number of amides is 1. The zero-order valence-electron chi connectivity index (χ0n) is 23.5. The summed E-state index contributed by atoms with van der Waals surface area (Å²) in [5, 5.41) is 11.4. The van der Waals surface area contributed by atoms with Crippen molar-refractivity contribution in [2.45, 2.75) is 26.0 Å². The van der Waals surface area contributed by atoms with Gasteiger partial charge in [-0.15, -0.1) is 0 Å². The highest BCUT2D eigenvalue weighted by atomic mass is 16.5. The summed E-state index contributed by atoms with van der Waals surface area (Å²) < 4.78 is 16.8. The Morgan fingerprint density at radius 2 is 1.71 bits per heavy atom. The number of aryl methyl sites for hydroxylation is 1. The summed E-state index contributed by atoms with van der Waals surface area (Å²) in [5.74, 6) is -0.273. The van der Waals surface area contributed by atoms with E-state index in [0.717, 1.165) is 30.8 Å². The first kappa shape index (κ1) is 28.4. The number of morpholine rings is 1. The fourth-order valence-corrected chi connectivity index (χ4v) is 5.39. The van der Waals surface area contributed by atoms with Crippen LogP contribution in [0.3, 0.4) is 0 Å². The molecule has 0 aromatic heterocycles. The predicted octanol–water partition coefficient (Wildman–Crippen LogP) is 4.73. The van der Waals surface area contributed by atoms with Gasteiger partial charge in [0.15, 0.2) is 0 Å². The molecule has 3 aromatic carbocycles. The van der Waals surface area contributed by atoms with Crippen molar-refractivity contribution in [1.82, 2.24) is 9.80 Å². The summed E-state index contributed by atoms with van der Waals surface area (Å²) in [6, 6.07) is 21.6. The molecule has 0 unspecified atom stereocenters. The zero-order chi connectivity index (χ0) is 28.8. The van der Waals surface area contributed by atoms with Crippen molar-refractivity contribution in [2.24, 2.45) is 0 Å². The standard InChI is InChI=1S/C33H36N2O6/c1-23-6-3-7-24(20-23)22-41-27-12-10-25(11-13-27)31(36)29-30(26-8-4-9-28(21-26)39-2)35(33(38)32(29)37)15-5-14-34-16-18-40-19-17-34/h3-4,6-13,20-21,30,36H,5,14-19,22H2,1-2H3/t30-/m1/s1. The van der Waals surface area contributed by atoms with Gasteiger partial charge in [0.25, 0.3) is 11.7 Å². The van der Waals surface area contributed by atoms with Gasteiger partial charge >= 0.3 is 0 Å². The van der Waals surface area contributed by atoms with Crippen LogP contribution in [0, 0.1) is 6.92 Å². The Labute approximate surface area is 240 Å². The molecule has 8 heteroatoms. The molecule has 0 saturated carbocycles. The molecule has 0 radical (unpaired) electrons. The SMILES string of the molecule is COc1cccc([C@@H]2C(=C(O)c3ccc(OCc4cccc(C)c4)cc3)C(=O)C(=O)N2CCCN2CCOCC2)c1. The van der Waals surface area contributed by atoms with E-state index in [1.165, 1.54) is 0 Å². The van der Waals surface area contributed by atoms with Crippen LogP contribution in [0.2, 0.25) is 0 Å². The third-order valence-corrected chi connectivity index (χ3v) is 7.54. The summed E-state index contributed by atoms with van der Waals surface area (Å²) in [7, 11) is 1.57. The number of ether oxygens (including phenoxy) is 3. The van der Waals surface area contributed by atoms with Crippen molar-refractivity contribution in [1.29, 1.82) is 0 Å². The topological polar surface area (TPSA) is 88.5 Å². The maximum atomic E-state index is 13.4. The second-order valence-corrected chi connectivity index (χ2v) is 10.4. The molecule has 2 aliphatic rings. The monoisotopic (exact) mass is 556 g/mol. The van der Waals surface area contributed by atoms with Crippen LogP contribution in [0.1, 0.15) is 34.7 Å². The van der Waals surface area contributed by atoms with Crippen molar-refractivity contribution in [2.75, 3.05) is 46.5 Å². The minimum Gasteiger partial charge on any atom is -0.507 e. The predicted molar refractivity (Wildman–Crippen MR) is 156 cm³/mol. The van der Waals surface area contributed by atoms with Gasteiger partial charge in [-0.25, -0.2) is 0 Å². The van der Waals surface area contributed by atoms with E-state index in [0.29, 0.717) is 55.4 Å². The Hall–Kier alpha value is -4.14. The highest BCUT2D eigenvalue weighted by molar-refractivity contribution is 6.46. The van der Waals surface area contributed by atoms with Crippen LogP contribution < -0.4 is 9.47 Å². The average Bonchev–Trinajstić information content (AvgIpc) is 3.25. The highest BCUT2D eigenvalue weighted by Gasteiger charge is 2.46. The molecule has 0 aliphatic carbocycles. The molecule has 41 heavy (non-hydrogen) atoms. The van der Waals surface area contributed by atoms with Gasteiger partial charge in [-0.1, -0.05) is 42.0 Å². The van der Waals surface area contributed by atoms with E-state index in [9.17, 15) is 14.7 Å². The maximum Gasteiger partial charge on any atom is 0.295 e. The second kappa shape index (κ2) is 13.0. The molecule has 2 heterocycles. The molecule has 2 fully saturated rings. The fourth-order valence-electron chi connectivity index (χ4n) is 5.39. The molecule has 5 rings (SSSR count). The second-order valence-electron chi connectivity index (χ2n) is 10.4. The maximum absolute atomic E-state index is 13.4. The number of hydrogen-bond donors (Lipinski definition) is 1. The Kier molecular flexibility index (Phi) is 9.01. The molecular weight excluding hydrogens is 520 g/mol. The molecule has 8 nitrogen and oxygen atoms in total. The van der Waals surface area contributed by atoms with Crippen LogP contribution in [0.4, 0.5) is 0 Å². The smallest absolute Gasteiger partial charge is 0.295 e. The fraction of sp³-hybridized carbons (Fsp3) is 0.333. The highest BCUT2D eigenvalue weighted by Crippen LogP contribution is 2.40. The lowest BCUT2D eigenvalue weighted by Gasteiger charge is -2.29. The lowest BCUT2D eigenvalue weighted by atomic mass is 9.95. The first-order valence-corrected chi connectivity index (χ1v) is 14.0. The average molecular weight is 557 g/mol. The van der Waals surface area contributed by atoms with Crippen LogP contribution in [0.5, 0.6) is 11.5 Å². The molecule has 2 saturated heterocycles. The summed E-state index contributed by atoms with van der Waals surface area (Å²) in [6.07, 6.45) is 0.695. The molecule has 0 bridgehead atoms. The number of aliphatic hydroxyl groups is 1. The van der Waals surface area contributed by atoms with Gasteiger partial charge in [-0.3, -0.25) is 14.5 Å². The Bertz CT molecular complexity index is 1410. The molecule has 1 amide bonds. The van der Waals surface area contributed by atoms with Crippen molar-refractivity contribution in [3.63, 3.8) is 0 Å². The number of hydrogen-bond acceptors (Lipinski definition) is 7. The minimum atomic E-state index is -0.730. The van der Waals surface area contributed by atoms with Gasteiger partial charge in [0.1, 0.15) is 23.9 Å². The molecular formula is C33H36N2O6. The number of benzene rings is 3. The van der Waals surface area contributed by atoms with E-state index < -0.39 is 17.7 Å². The number of ketones is 1. The van der Waals surface area contributed by atoms with Crippen molar-refractivity contribution >= 4 is 17.4 Å². The summed E-state index contributed by atoms with van der Waals surface area (Å²) in [5.41, 5.74) is 3.43. The van der Waals surface area contributed by atoms with Gasteiger partial charge < -0.3 is 24.2 Å². The van der Waals surface area contributed by atoms with E-state index in [1.807, 2.05) is 43.3 Å². The van der Waals surface area contributed by atoms with E-state index in [-0.39, 0.29) is 11.3 Å². The summed E-state index contributed by atoms with van der Waals surface area (Å²) in [4.78, 5) is 30.6. The number of aliphatic hydroxyl groups excluding tert-OH is 1. The molecule has 1 atom stereocenters. The quantitative estimate of drug-likeness (QED) is 0.220. The number of nitrogens with zero attached hydrogens (tertiary/aromatic N) is 2. The lowest BCUT2D eigenvalue weighted by molar-refractivity contribution is -0.140. The van der Waals surface area contributed by atoms with Gasteiger partial charge in [-0.2, -0.15) is 0 Å². The normalized spacial score (nSPS) is 19.0. The molecule has 1 N–H and O–H groups in total. The van der Waals surface area contributed by atoms with Crippen LogP contribution in [-0.2, 0) is 20.9 Å². The molecule has 2 aliphatic heterocycles. The summed E-state index contributed by atoms with van der Waals surface area (Å²) in [6.45, 7) is 6.72. The molecule has 0 spiro atoms. The van der Waals surface area contributed by atoms with Crippen LogP contribution >= 0.6 is 0 Å².